The van der Waals surface area contributed by atoms with Crippen LogP contribution in [0, 0.1) is 0 Å². The van der Waals surface area contributed by atoms with Crippen LogP contribution in [-0.2, 0) is 16.0 Å². The number of carbonyl (C=O) groups is 1. The lowest BCUT2D eigenvalue weighted by molar-refractivity contribution is -0.140. The first-order valence-electron chi connectivity index (χ1n) is 9.19. The van der Waals surface area contributed by atoms with Crippen LogP contribution >= 0.6 is 0 Å². The fourth-order valence-corrected chi connectivity index (χ4v) is 2.62. The van der Waals surface area contributed by atoms with Crippen LogP contribution in [-0.4, -0.2) is 25.7 Å². The van der Waals surface area contributed by atoms with Crippen LogP contribution in [0.15, 0.2) is 24.3 Å². The van der Waals surface area contributed by atoms with Gasteiger partial charge in [-0.25, -0.2) is 0 Å². The SMILES string of the molecule is CCCCCOc1ccc(CC(N)CCCCCC(=O)OC)cc1. The Hall–Kier alpha value is -1.55. The maximum atomic E-state index is 11.0. The number of benzene rings is 1. The predicted octanol–water partition coefficient (Wildman–Crippen LogP) is 4.25. The van der Waals surface area contributed by atoms with Crippen LogP contribution in [0.4, 0.5) is 0 Å². The van der Waals surface area contributed by atoms with Crippen LogP contribution in [0.5, 0.6) is 5.75 Å². The number of methoxy groups -OCH3 is 1. The Morgan fingerprint density at radius 1 is 1.08 bits per heavy atom. The highest BCUT2D eigenvalue weighted by Gasteiger charge is 2.06. The molecule has 0 spiro atoms. The average Bonchev–Trinajstić information content (AvgIpc) is 2.59. The molecular formula is C20H33NO3. The third-order valence-corrected chi connectivity index (χ3v) is 4.12. The van der Waals surface area contributed by atoms with Crippen molar-refractivity contribution in [3.05, 3.63) is 29.8 Å². The summed E-state index contributed by atoms with van der Waals surface area (Å²) in [6.07, 6.45) is 8.86. The molecule has 0 fully saturated rings. The molecule has 0 amide bonds. The van der Waals surface area contributed by atoms with E-state index in [-0.39, 0.29) is 12.0 Å². The fourth-order valence-electron chi connectivity index (χ4n) is 2.62. The Kier molecular flexibility index (Phi) is 10.9. The summed E-state index contributed by atoms with van der Waals surface area (Å²) < 4.78 is 10.3. The van der Waals surface area contributed by atoms with Crippen molar-refractivity contribution in [2.75, 3.05) is 13.7 Å². The molecule has 1 aromatic carbocycles. The van der Waals surface area contributed by atoms with Gasteiger partial charge in [0.05, 0.1) is 13.7 Å². The molecule has 136 valence electrons. The maximum Gasteiger partial charge on any atom is 0.305 e. The summed E-state index contributed by atoms with van der Waals surface area (Å²) in [5.41, 5.74) is 7.45. The summed E-state index contributed by atoms with van der Waals surface area (Å²) in [7, 11) is 1.43. The molecule has 4 nitrogen and oxygen atoms in total. The maximum absolute atomic E-state index is 11.0. The number of ether oxygens (including phenoxy) is 2. The van der Waals surface area contributed by atoms with E-state index in [9.17, 15) is 4.79 Å². The second-order valence-corrected chi connectivity index (χ2v) is 6.34. The lowest BCUT2D eigenvalue weighted by Crippen LogP contribution is -2.22. The molecule has 0 aliphatic carbocycles. The normalized spacial score (nSPS) is 12.0. The van der Waals surface area contributed by atoms with Crippen molar-refractivity contribution in [3.63, 3.8) is 0 Å². The molecule has 0 radical (unpaired) electrons. The molecule has 0 aliphatic rings. The van der Waals surface area contributed by atoms with Crippen molar-refractivity contribution in [1.29, 1.82) is 0 Å². The molecule has 0 bridgehead atoms. The van der Waals surface area contributed by atoms with E-state index in [2.05, 4.69) is 23.8 Å². The highest BCUT2D eigenvalue weighted by molar-refractivity contribution is 5.68. The molecule has 1 rings (SSSR count). The first-order valence-corrected chi connectivity index (χ1v) is 9.19. The van der Waals surface area contributed by atoms with E-state index in [0.29, 0.717) is 6.42 Å². The number of carbonyl (C=O) groups excluding carboxylic acids is 1. The molecule has 4 heteroatoms. The van der Waals surface area contributed by atoms with Gasteiger partial charge in [0.2, 0.25) is 0 Å². The zero-order valence-corrected chi connectivity index (χ0v) is 15.3. The smallest absolute Gasteiger partial charge is 0.305 e. The topological polar surface area (TPSA) is 61.5 Å². The van der Waals surface area contributed by atoms with E-state index >= 15 is 0 Å². The lowest BCUT2D eigenvalue weighted by Gasteiger charge is -2.12. The summed E-state index contributed by atoms with van der Waals surface area (Å²) in [4.78, 5) is 11.0. The molecule has 0 saturated heterocycles. The molecule has 0 heterocycles. The van der Waals surface area contributed by atoms with Crippen molar-refractivity contribution >= 4 is 5.97 Å². The van der Waals surface area contributed by atoms with Gasteiger partial charge in [-0.05, 0) is 43.4 Å². The van der Waals surface area contributed by atoms with Gasteiger partial charge >= 0.3 is 5.97 Å². The Morgan fingerprint density at radius 3 is 2.50 bits per heavy atom. The van der Waals surface area contributed by atoms with E-state index in [1.54, 1.807) is 0 Å². The second kappa shape index (κ2) is 12.8. The van der Waals surface area contributed by atoms with Crippen LogP contribution in [0.25, 0.3) is 0 Å². The molecule has 24 heavy (non-hydrogen) atoms. The predicted molar refractivity (Wildman–Crippen MR) is 98.2 cm³/mol. The minimum absolute atomic E-state index is 0.128. The van der Waals surface area contributed by atoms with Crippen molar-refractivity contribution < 1.29 is 14.3 Å². The summed E-state index contributed by atoms with van der Waals surface area (Å²) in [5.74, 6) is 0.808. The van der Waals surface area contributed by atoms with Gasteiger partial charge in [0.1, 0.15) is 5.75 Å². The Bertz CT molecular complexity index is 445. The fraction of sp³-hybridized carbons (Fsp3) is 0.650. The number of rotatable bonds is 13. The van der Waals surface area contributed by atoms with Crippen molar-refractivity contribution in [2.24, 2.45) is 5.73 Å². The van der Waals surface area contributed by atoms with Gasteiger partial charge in [0.25, 0.3) is 0 Å². The van der Waals surface area contributed by atoms with Gasteiger partial charge in [-0.1, -0.05) is 44.7 Å². The van der Waals surface area contributed by atoms with Crippen LogP contribution in [0.3, 0.4) is 0 Å². The first kappa shape index (κ1) is 20.5. The summed E-state index contributed by atoms with van der Waals surface area (Å²) in [6, 6.07) is 8.44. The van der Waals surface area contributed by atoms with E-state index in [1.165, 1.54) is 25.5 Å². The highest BCUT2D eigenvalue weighted by Crippen LogP contribution is 2.15. The van der Waals surface area contributed by atoms with E-state index in [4.69, 9.17) is 10.5 Å². The van der Waals surface area contributed by atoms with Gasteiger partial charge < -0.3 is 15.2 Å². The molecule has 1 unspecified atom stereocenters. The number of esters is 1. The standard InChI is InChI=1S/C20H33NO3/c1-3-4-8-15-24-19-13-11-17(12-14-19)16-18(21)9-6-5-7-10-20(22)23-2/h11-14,18H,3-10,15-16,21H2,1-2H3. The number of nitrogens with two attached hydrogens (primary N) is 1. The van der Waals surface area contributed by atoms with Crippen LogP contribution < -0.4 is 10.5 Å². The third kappa shape index (κ3) is 9.56. The molecular weight excluding hydrogens is 302 g/mol. The van der Waals surface area contributed by atoms with Crippen molar-refractivity contribution in [1.82, 2.24) is 0 Å². The molecule has 0 saturated carbocycles. The molecule has 1 atom stereocenters. The quantitative estimate of drug-likeness (QED) is 0.432. The zero-order valence-electron chi connectivity index (χ0n) is 15.3. The van der Waals surface area contributed by atoms with Gasteiger partial charge in [-0.3, -0.25) is 4.79 Å². The number of hydrogen-bond acceptors (Lipinski definition) is 4. The lowest BCUT2D eigenvalue weighted by atomic mass is 10.0. The molecule has 1 aromatic rings. The van der Waals surface area contributed by atoms with Gasteiger partial charge in [-0.15, -0.1) is 0 Å². The van der Waals surface area contributed by atoms with Gasteiger partial charge in [0, 0.05) is 12.5 Å². The number of hydrogen-bond donors (Lipinski definition) is 1. The highest BCUT2D eigenvalue weighted by atomic mass is 16.5. The first-order chi connectivity index (χ1) is 11.7. The Morgan fingerprint density at radius 2 is 1.83 bits per heavy atom. The summed E-state index contributed by atoms with van der Waals surface area (Å²) >= 11 is 0. The van der Waals surface area contributed by atoms with E-state index < -0.39 is 0 Å². The largest absolute Gasteiger partial charge is 0.494 e. The van der Waals surface area contributed by atoms with Crippen LogP contribution in [0.1, 0.15) is 63.9 Å². The molecule has 2 N–H and O–H groups in total. The zero-order chi connectivity index (χ0) is 17.6. The molecule has 0 aliphatic heterocycles. The summed E-state index contributed by atoms with van der Waals surface area (Å²) in [6.45, 7) is 2.98. The molecule has 0 aromatic heterocycles. The second-order valence-electron chi connectivity index (χ2n) is 6.34. The van der Waals surface area contributed by atoms with Crippen molar-refractivity contribution in [2.45, 2.75) is 70.8 Å². The summed E-state index contributed by atoms with van der Waals surface area (Å²) in [5, 5.41) is 0. The van der Waals surface area contributed by atoms with E-state index in [0.717, 1.165) is 50.9 Å². The Labute approximate surface area is 146 Å². The van der Waals surface area contributed by atoms with Gasteiger partial charge in [0.15, 0.2) is 0 Å². The van der Waals surface area contributed by atoms with Crippen molar-refractivity contribution in [3.8, 4) is 5.75 Å². The third-order valence-electron chi connectivity index (χ3n) is 4.12. The van der Waals surface area contributed by atoms with Crippen LogP contribution in [0.2, 0.25) is 0 Å². The minimum Gasteiger partial charge on any atom is -0.494 e. The average molecular weight is 335 g/mol. The Balaban J connectivity index is 2.17. The van der Waals surface area contributed by atoms with Gasteiger partial charge in [-0.2, -0.15) is 0 Å². The number of unbranched alkanes of at least 4 members (excludes halogenated alkanes) is 4. The van der Waals surface area contributed by atoms with E-state index in [1.807, 2.05) is 12.1 Å². The monoisotopic (exact) mass is 335 g/mol. The minimum atomic E-state index is -0.128.